The molecule has 3 heterocycles. The number of ether oxygens (including phenoxy) is 2. The molecule has 4 rings (SSSR count). The van der Waals surface area contributed by atoms with Gasteiger partial charge in [-0.3, -0.25) is 0 Å². The van der Waals surface area contributed by atoms with Gasteiger partial charge in [0.1, 0.15) is 16.6 Å². The SMILES string of the molecule is COC(=O)c1ncsc1Nc1cc(Nc2ccc(N3CCCCC3)cc2OC)ncc1C(F)(F)F. The smallest absolute Gasteiger partial charge is 0.419 e. The molecular weight excluding hydrogens is 483 g/mol. The summed E-state index contributed by atoms with van der Waals surface area (Å²) in [4.78, 5) is 22.0. The number of pyridine rings is 1. The summed E-state index contributed by atoms with van der Waals surface area (Å²) in [5.41, 5.74) is 1.55. The second-order valence-electron chi connectivity index (χ2n) is 7.82. The summed E-state index contributed by atoms with van der Waals surface area (Å²) in [5, 5.41) is 5.83. The van der Waals surface area contributed by atoms with E-state index in [2.05, 4.69) is 30.2 Å². The predicted octanol–water partition coefficient (Wildman–Crippen LogP) is 5.83. The van der Waals surface area contributed by atoms with Crippen molar-refractivity contribution in [3.63, 3.8) is 0 Å². The number of carbonyl (C=O) groups excluding carboxylic acids is 1. The molecule has 8 nitrogen and oxygen atoms in total. The second kappa shape index (κ2) is 10.4. The second-order valence-corrected chi connectivity index (χ2v) is 8.67. The van der Waals surface area contributed by atoms with Crippen LogP contribution in [0.2, 0.25) is 0 Å². The van der Waals surface area contributed by atoms with E-state index in [9.17, 15) is 18.0 Å². The number of carbonyl (C=O) groups is 1. The van der Waals surface area contributed by atoms with Gasteiger partial charge in [0.2, 0.25) is 0 Å². The molecule has 186 valence electrons. The summed E-state index contributed by atoms with van der Waals surface area (Å²) in [6, 6.07) is 6.88. The Hall–Kier alpha value is -3.54. The molecule has 0 saturated carbocycles. The Morgan fingerprint density at radius 3 is 2.51 bits per heavy atom. The topological polar surface area (TPSA) is 88.6 Å². The van der Waals surface area contributed by atoms with E-state index in [0.29, 0.717) is 11.4 Å². The summed E-state index contributed by atoms with van der Waals surface area (Å²) in [5.74, 6) is -0.0541. The minimum atomic E-state index is -4.67. The summed E-state index contributed by atoms with van der Waals surface area (Å²) >= 11 is 0.983. The van der Waals surface area contributed by atoms with Crippen LogP contribution in [-0.2, 0) is 10.9 Å². The van der Waals surface area contributed by atoms with E-state index < -0.39 is 17.7 Å². The highest BCUT2D eigenvalue weighted by Crippen LogP contribution is 2.39. The van der Waals surface area contributed by atoms with Gasteiger partial charge >= 0.3 is 12.1 Å². The molecule has 1 aliphatic heterocycles. The molecule has 1 aliphatic rings. The number of hydrogen-bond donors (Lipinski definition) is 2. The normalized spacial score (nSPS) is 13.9. The number of nitrogens with one attached hydrogen (secondary N) is 2. The van der Waals surface area contributed by atoms with Crippen molar-refractivity contribution in [2.45, 2.75) is 25.4 Å². The Balaban J connectivity index is 1.63. The van der Waals surface area contributed by atoms with Gasteiger partial charge in [-0.25, -0.2) is 14.8 Å². The first kappa shape index (κ1) is 24.6. The maximum absolute atomic E-state index is 13.7. The lowest BCUT2D eigenvalue weighted by molar-refractivity contribution is -0.137. The fourth-order valence-corrected chi connectivity index (χ4v) is 4.50. The minimum Gasteiger partial charge on any atom is -0.494 e. The molecule has 0 amide bonds. The molecule has 3 aromatic rings. The first-order valence-electron chi connectivity index (χ1n) is 10.9. The maximum Gasteiger partial charge on any atom is 0.419 e. The molecule has 0 atom stereocenters. The van der Waals surface area contributed by atoms with E-state index in [1.54, 1.807) is 0 Å². The standard InChI is InChI=1S/C23H24F3N5O3S/c1-33-18-10-14(31-8-4-3-5-9-31)6-7-16(18)29-19-11-17(15(12-27-19)23(24,25)26)30-21-20(22(32)34-2)28-13-35-21/h6-7,10-13H,3-5,8-9H2,1-2H3,(H2,27,29,30). The van der Waals surface area contributed by atoms with Gasteiger partial charge in [-0.2, -0.15) is 13.2 Å². The quantitative estimate of drug-likeness (QED) is 0.386. The Morgan fingerprint density at radius 2 is 1.83 bits per heavy atom. The lowest BCUT2D eigenvalue weighted by atomic mass is 10.1. The van der Waals surface area contributed by atoms with Gasteiger partial charge < -0.3 is 25.0 Å². The van der Waals surface area contributed by atoms with E-state index in [1.165, 1.54) is 32.2 Å². The van der Waals surface area contributed by atoms with Crippen molar-refractivity contribution in [2.75, 3.05) is 42.8 Å². The third kappa shape index (κ3) is 5.59. The van der Waals surface area contributed by atoms with E-state index in [0.717, 1.165) is 49.2 Å². The number of benzene rings is 1. The van der Waals surface area contributed by atoms with Crippen LogP contribution in [0.1, 0.15) is 35.3 Å². The first-order chi connectivity index (χ1) is 16.8. The third-order valence-corrected chi connectivity index (χ3v) is 6.31. The fraction of sp³-hybridized carbons (Fsp3) is 0.348. The number of halogens is 3. The highest BCUT2D eigenvalue weighted by Gasteiger charge is 2.35. The Kier molecular flexibility index (Phi) is 7.29. The molecule has 1 fully saturated rings. The fourth-order valence-electron chi connectivity index (χ4n) is 3.82. The van der Waals surface area contributed by atoms with Crippen LogP contribution in [0.25, 0.3) is 0 Å². The summed E-state index contributed by atoms with van der Waals surface area (Å²) in [7, 11) is 2.71. The molecule has 2 N–H and O–H groups in total. The van der Waals surface area contributed by atoms with Crippen molar-refractivity contribution in [1.82, 2.24) is 9.97 Å². The molecule has 0 bridgehead atoms. The van der Waals surface area contributed by atoms with Crippen LogP contribution >= 0.6 is 11.3 Å². The average molecular weight is 508 g/mol. The molecule has 0 radical (unpaired) electrons. The average Bonchev–Trinajstić information content (AvgIpc) is 3.32. The molecule has 12 heteroatoms. The molecule has 0 spiro atoms. The number of anilines is 5. The van der Waals surface area contributed by atoms with Gasteiger partial charge in [-0.15, -0.1) is 11.3 Å². The van der Waals surface area contributed by atoms with Crippen molar-refractivity contribution in [1.29, 1.82) is 0 Å². The van der Waals surface area contributed by atoms with Gasteiger partial charge in [0.15, 0.2) is 5.69 Å². The van der Waals surface area contributed by atoms with E-state index in [4.69, 9.17) is 4.74 Å². The van der Waals surface area contributed by atoms with Crippen molar-refractivity contribution in [3.8, 4) is 5.75 Å². The third-order valence-electron chi connectivity index (χ3n) is 5.57. The van der Waals surface area contributed by atoms with Gasteiger partial charge in [-0.1, -0.05) is 0 Å². The van der Waals surface area contributed by atoms with Gasteiger partial charge in [-0.05, 0) is 31.4 Å². The van der Waals surface area contributed by atoms with Crippen LogP contribution in [0.5, 0.6) is 5.75 Å². The van der Waals surface area contributed by atoms with Crippen molar-refractivity contribution in [2.24, 2.45) is 0 Å². The Labute approximate surface area is 204 Å². The van der Waals surface area contributed by atoms with Crippen LogP contribution in [0.4, 0.5) is 41.1 Å². The highest BCUT2D eigenvalue weighted by atomic mass is 32.1. The molecule has 0 aliphatic carbocycles. The van der Waals surface area contributed by atoms with Crippen molar-refractivity contribution in [3.05, 3.63) is 47.2 Å². The maximum atomic E-state index is 13.7. The molecular formula is C23H24F3N5O3S. The number of esters is 1. The number of nitrogens with zero attached hydrogens (tertiary/aromatic N) is 3. The zero-order valence-electron chi connectivity index (χ0n) is 19.1. The van der Waals surface area contributed by atoms with Crippen LogP contribution in [0.3, 0.4) is 0 Å². The van der Waals surface area contributed by atoms with Crippen LogP contribution < -0.4 is 20.3 Å². The number of aromatic nitrogens is 2. The monoisotopic (exact) mass is 507 g/mol. The van der Waals surface area contributed by atoms with Crippen LogP contribution in [0.15, 0.2) is 36.0 Å². The number of thiazole rings is 1. The lowest BCUT2D eigenvalue weighted by Gasteiger charge is -2.29. The van der Waals surface area contributed by atoms with Crippen LogP contribution in [0, 0.1) is 0 Å². The molecule has 35 heavy (non-hydrogen) atoms. The van der Waals surface area contributed by atoms with Crippen LogP contribution in [-0.4, -0.2) is 43.2 Å². The Morgan fingerprint density at radius 1 is 1.06 bits per heavy atom. The molecule has 2 aromatic heterocycles. The van der Waals surface area contributed by atoms with Gasteiger partial charge in [0, 0.05) is 37.1 Å². The number of alkyl halides is 3. The van der Waals surface area contributed by atoms with E-state index >= 15 is 0 Å². The number of piperidine rings is 1. The minimum absolute atomic E-state index is 0.105. The van der Waals surface area contributed by atoms with Gasteiger partial charge in [0.05, 0.1) is 36.7 Å². The van der Waals surface area contributed by atoms with Gasteiger partial charge in [0.25, 0.3) is 0 Å². The first-order valence-corrected chi connectivity index (χ1v) is 11.7. The number of hydrogen-bond acceptors (Lipinski definition) is 9. The van der Waals surface area contributed by atoms with E-state index in [-0.39, 0.29) is 22.2 Å². The molecule has 1 aromatic carbocycles. The largest absolute Gasteiger partial charge is 0.494 e. The van der Waals surface area contributed by atoms with E-state index in [1.807, 2.05) is 18.2 Å². The van der Waals surface area contributed by atoms with Crippen molar-refractivity contribution < 1.29 is 27.4 Å². The molecule has 0 unspecified atom stereocenters. The number of methoxy groups -OCH3 is 2. The highest BCUT2D eigenvalue weighted by molar-refractivity contribution is 7.14. The summed E-state index contributed by atoms with van der Waals surface area (Å²) in [6.07, 6.45) is -0.461. The number of rotatable bonds is 7. The van der Waals surface area contributed by atoms with Crippen molar-refractivity contribution >= 4 is 45.2 Å². The summed E-state index contributed by atoms with van der Waals surface area (Å²) in [6.45, 7) is 1.94. The molecule has 1 saturated heterocycles. The zero-order valence-corrected chi connectivity index (χ0v) is 19.9. The predicted molar refractivity (Wildman–Crippen MR) is 128 cm³/mol. The Bertz CT molecular complexity index is 1200. The lowest BCUT2D eigenvalue weighted by Crippen LogP contribution is -2.29. The zero-order chi connectivity index (χ0) is 25.0. The summed E-state index contributed by atoms with van der Waals surface area (Å²) < 4.78 is 51.2.